The van der Waals surface area contributed by atoms with E-state index < -0.39 is 0 Å². The Kier molecular flexibility index (Phi) is 3.44. The van der Waals surface area contributed by atoms with Crippen molar-refractivity contribution in [3.05, 3.63) is 54.1 Å². The van der Waals surface area contributed by atoms with E-state index in [1.807, 2.05) is 54.3 Å². The number of para-hydroxylation sites is 3. The fourth-order valence-electron chi connectivity index (χ4n) is 3.15. The maximum Gasteiger partial charge on any atom is 0.260 e. The number of fused-ring (bicyclic) bond motifs is 2. The fraction of sp³-hybridized carbons (Fsp3) is 0.316. The molecule has 22 heavy (non-hydrogen) atoms. The summed E-state index contributed by atoms with van der Waals surface area (Å²) in [5, 5.41) is 0. The second kappa shape index (κ2) is 5.16. The summed E-state index contributed by atoms with van der Waals surface area (Å²) in [6.45, 7) is 9.19. The van der Waals surface area contributed by atoms with Gasteiger partial charge in [0.1, 0.15) is 0 Å². The number of carbonyl (C=O) groups is 1. The summed E-state index contributed by atoms with van der Waals surface area (Å²) in [7, 11) is 0. The summed E-state index contributed by atoms with van der Waals surface area (Å²) in [6, 6.07) is 16.0. The largest absolute Gasteiger partial charge is 0.334 e. The van der Waals surface area contributed by atoms with Gasteiger partial charge >= 0.3 is 0 Å². The lowest BCUT2D eigenvalue weighted by Crippen LogP contribution is -2.38. The van der Waals surface area contributed by atoms with Crippen LogP contribution in [0.15, 0.2) is 48.5 Å². The number of benzene rings is 2. The molecule has 0 saturated heterocycles. The summed E-state index contributed by atoms with van der Waals surface area (Å²) < 4.78 is 0. The van der Waals surface area contributed by atoms with E-state index in [1.165, 1.54) is 0 Å². The smallest absolute Gasteiger partial charge is 0.260 e. The van der Waals surface area contributed by atoms with Crippen molar-refractivity contribution in [1.29, 1.82) is 0 Å². The molecule has 0 aromatic heterocycles. The van der Waals surface area contributed by atoms with Crippen LogP contribution in [0.2, 0.25) is 0 Å². The fourth-order valence-corrected chi connectivity index (χ4v) is 3.15. The third-order valence-electron chi connectivity index (χ3n) is 4.02. The van der Waals surface area contributed by atoms with E-state index in [0.717, 1.165) is 22.6 Å². The summed E-state index contributed by atoms with van der Waals surface area (Å²) in [6.07, 6.45) is 0. The van der Waals surface area contributed by atoms with E-state index >= 15 is 0 Å². The van der Waals surface area contributed by atoms with Gasteiger partial charge in [-0.3, -0.25) is 4.79 Å². The minimum absolute atomic E-state index is 0.0669. The Hall–Kier alpha value is -2.29. The van der Waals surface area contributed by atoms with Crippen LogP contribution in [-0.4, -0.2) is 18.0 Å². The molecule has 3 rings (SSSR count). The first-order valence-electron chi connectivity index (χ1n) is 7.75. The van der Waals surface area contributed by atoms with Crippen molar-refractivity contribution < 1.29 is 4.79 Å². The average Bonchev–Trinajstić information content (AvgIpc) is 2.59. The Morgan fingerprint density at radius 1 is 0.864 bits per heavy atom. The van der Waals surface area contributed by atoms with Gasteiger partial charge in [0.2, 0.25) is 0 Å². The molecular weight excluding hydrogens is 272 g/mol. The molecule has 114 valence electrons. The van der Waals surface area contributed by atoms with Gasteiger partial charge in [-0.2, -0.15) is 0 Å². The minimum atomic E-state index is -0.129. The van der Waals surface area contributed by atoms with E-state index in [0.29, 0.717) is 6.54 Å². The predicted molar refractivity (Wildman–Crippen MR) is 92.1 cm³/mol. The van der Waals surface area contributed by atoms with Crippen molar-refractivity contribution >= 4 is 23.0 Å². The standard InChI is InChI=1S/C19H22N2O/c1-5-20-16-12-8-9-13-17(16)21(19(2,3)4)15-11-7-6-10-14(15)18(20)22/h6-13H,5H2,1-4H3. The van der Waals surface area contributed by atoms with Crippen molar-refractivity contribution in [2.24, 2.45) is 0 Å². The van der Waals surface area contributed by atoms with Crippen LogP contribution in [0.5, 0.6) is 0 Å². The first-order valence-corrected chi connectivity index (χ1v) is 7.75. The first kappa shape index (κ1) is 14.6. The molecule has 0 spiro atoms. The number of amides is 1. The van der Waals surface area contributed by atoms with Gasteiger partial charge in [-0.15, -0.1) is 0 Å². The zero-order chi connectivity index (χ0) is 15.9. The third-order valence-corrected chi connectivity index (χ3v) is 4.02. The Balaban J connectivity index is 2.37. The summed E-state index contributed by atoms with van der Waals surface area (Å²) in [5.74, 6) is 0.0669. The van der Waals surface area contributed by atoms with Crippen LogP contribution in [-0.2, 0) is 0 Å². The second-order valence-corrected chi connectivity index (χ2v) is 6.56. The Bertz CT molecular complexity index is 715. The Morgan fingerprint density at radius 3 is 2.00 bits per heavy atom. The highest BCUT2D eigenvalue weighted by atomic mass is 16.2. The van der Waals surface area contributed by atoms with Gasteiger partial charge in [0, 0.05) is 12.1 Å². The van der Waals surface area contributed by atoms with E-state index in [-0.39, 0.29) is 11.4 Å². The molecule has 1 amide bonds. The third kappa shape index (κ3) is 2.17. The van der Waals surface area contributed by atoms with Crippen molar-refractivity contribution in [2.75, 3.05) is 16.3 Å². The molecule has 1 aliphatic rings. The van der Waals surface area contributed by atoms with Gasteiger partial charge < -0.3 is 9.80 Å². The molecule has 0 N–H and O–H groups in total. The molecule has 2 aromatic carbocycles. The zero-order valence-corrected chi connectivity index (χ0v) is 13.6. The molecule has 0 atom stereocenters. The van der Waals surface area contributed by atoms with Gasteiger partial charge in [-0.25, -0.2) is 0 Å². The zero-order valence-electron chi connectivity index (χ0n) is 13.6. The number of hydrogen-bond acceptors (Lipinski definition) is 2. The molecule has 0 saturated carbocycles. The number of carbonyl (C=O) groups excluding carboxylic acids is 1. The van der Waals surface area contributed by atoms with Crippen LogP contribution in [0.3, 0.4) is 0 Å². The minimum Gasteiger partial charge on any atom is -0.334 e. The first-order chi connectivity index (χ1) is 10.4. The predicted octanol–water partition coefficient (Wildman–Crippen LogP) is 4.60. The quantitative estimate of drug-likeness (QED) is 0.767. The van der Waals surface area contributed by atoms with Crippen LogP contribution >= 0.6 is 0 Å². The van der Waals surface area contributed by atoms with E-state index in [9.17, 15) is 4.79 Å². The molecule has 1 heterocycles. The lowest BCUT2D eigenvalue weighted by atomic mass is 10.0. The SMILES string of the molecule is CCN1C(=O)c2ccccc2N(C(C)(C)C)c2ccccc21. The number of nitrogens with zero attached hydrogens (tertiary/aromatic N) is 2. The second-order valence-electron chi connectivity index (χ2n) is 6.56. The maximum absolute atomic E-state index is 13.0. The topological polar surface area (TPSA) is 23.6 Å². The van der Waals surface area contributed by atoms with Gasteiger partial charge in [-0.1, -0.05) is 24.3 Å². The molecule has 2 aromatic rings. The van der Waals surface area contributed by atoms with E-state index in [4.69, 9.17) is 0 Å². The van der Waals surface area contributed by atoms with Crippen LogP contribution in [0.1, 0.15) is 38.1 Å². The molecule has 3 heteroatoms. The Morgan fingerprint density at radius 2 is 1.41 bits per heavy atom. The van der Waals surface area contributed by atoms with Crippen LogP contribution in [0.25, 0.3) is 0 Å². The number of rotatable bonds is 1. The monoisotopic (exact) mass is 294 g/mol. The van der Waals surface area contributed by atoms with Crippen LogP contribution in [0.4, 0.5) is 17.1 Å². The summed E-state index contributed by atoms with van der Waals surface area (Å²) >= 11 is 0. The van der Waals surface area contributed by atoms with Crippen LogP contribution in [0, 0.1) is 0 Å². The highest BCUT2D eigenvalue weighted by Gasteiger charge is 2.34. The Labute approximate surface area is 132 Å². The molecular formula is C19H22N2O. The number of hydrogen-bond donors (Lipinski definition) is 0. The molecule has 0 bridgehead atoms. The molecule has 3 nitrogen and oxygen atoms in total. The van der Waals surface area contributed by atoms with Crippen molar-refractivity contribution in [2.45, 2.75) is 33.2 Å². The number of anilines is 3. The van der Waals surface area contributed by atoms with Gasteiger partial charge in [-0.05, 0) is 52.0 Å². The highest BCUT2D eigenvalue weighted by molar-refractivity contribution is 6.14. The molecule has 0 unspecified atom stereocenters. The molecule has 1 aliphatic heterocycles. The normalized spacial score (nSPS) is 14.5. The van der Waals surface area contributed by atoms with E-state index in [2.05, 4.69) is 31.7 Å². The van der Waals surface area contributed by atoms with Crippen molar-refractivity contribution in [1.82, 2.24) is 0 Å². The van der Waals surface area contributed by atoms with Gasteiger partial charge in [0.05, 0.1) is 22.6 Å². The van der Waals surface area contributed by atoms with Crippen molar-refractivity contribution in [3.8, 4) is 0 Å². The average molecular weight is 294 g/mol. The maximum atomic E-state index is 13.0. The molecule has 0 radical (unpaired) electrons. The lowest BCUT2D eigenvalue weighted by Gasteiger charge is -2.38. The van der Waals surface area contributed by atoms with Gasteiger partial charge in [0.25, 0.3) is 5.91 Å². The lowest BCUT2D eigenvalue weighted by molar-refractivity contribution is 0.0989. The molecule has 0 aliphatic carbocycles. The highest BCUT2D eigenvalue weighted by Crippen LogP contribution is 2.44. The summed E-state index contributed by atoms with van der Waals surface area (Å²) in [4.78, 5) is 17.1. The van der Waals surface area contributed by atoms with Crippen molar-refractivity contribution in [3.63, 3.8) is 0 Å². The summed E-state index contributed by atoms with van der Waals surface area (Å²) in [5.41, 5.74) is 3.66. The molecule has 0 fully saturated rings. The van der Waals surface area contributed by atoms with Crippen LogP contribution < -0.4 is 9.80 Å². The van der Waals surface area contributed by atoms with E-state index in [1.54, 1.807) is 0 Å². The van der Waals surface area contributed by atoms with Gasteiger partial charge in [0.15, 0.2) is 0 Å².